The fraction of sp³-hybridized carbons (Fsp3) is 0.200. The molecule has 0 saturated heterocycles. The van der Waals surface area contributed by atoms with E-state index < -0.39 is 0 Å². The van der Waals surface area contributed by atoms with Crippen LogP contribution in [0.15, 0.2) is 16.6 Å². The van der Waals surface area contributed by atoms with Gasteiger partial charge in [-0.1, -0.05) is 27.5 Å². The Morgan fingerprint density at radius 2 is 2.07 bits per heavy atom. The predicted molar refractivity (Wildman–Crippen MR) is 63.5 cm³/mol. The Labute approximate surface area is 101 Å². The number of hydrogen-bond acceptors (Lipinski definition) is 3. The van der Waals surface area contributed by atoms with E-state index in [1.165, 1.54) is 0 Å². The largest absolute Gasteiger partial charge is 0.494 e. The molecule has 15 heavy (non-hydrogen) atoms. The number of ether oxygens (including phenoxy) is 1. The minimum absolute atomic E-state index is 0.406. The number of fused-ring (bicyclic) bond motifs is 1. The summed E-state index contributed by atoms with van der Waals surface area (Å²) in [6, 6.07) is 3.72. The van der Waals surface area contributed by atoms with E-state index in [1.54, 1.807) is 7.11 Å². The molecule has 1 aromatic heterocycles. The Morgan fingerprint density at radius 3 is 2.73 bits per heavy atom. The van der Waals surface area contributed by atoms with Gasteiger partial charge in [-0.25, -0.2) is 9.97 Å². The molecule has 5 heteroatoms. The van der Waals surface area contributed by atoms with Gasteiger partial charge in [-0.3, -0.25) is 0 Å². The van der Waals surface area contributed by atoms with Gasteiger partial charge in [0, 0.05) is 4.47 Å². The van der Waals surface area contributed by atoms with Gasteiger partial charge in [0.2, 0.25) is 0 Å². The number of aromatic nitrogens is 2. The lowest BCUT2D eigenvalue weighted by molar-refractivity contribution is 0.418. The molecular weight excluding hydrogens is 279 g/mol. The first-order chi connectivity index (χ1) is 7.11. The topological polar surface area (TPSA) is 35.0 Å². The lowest BCUT2D eigenvalue weighted by atomic mass is 10.2. The van der Waals surface area contributed by atoms with E-state index >= 15 is 0 Å². The highest BCUT2D eigenvalue weighted by Gasteiger charge is 2.09. The summed E-state index contributed by atoms with van der Waals surface area (Å²) in [7, 11) is 1.59. The molecule has 0 bridgehead atoms. The van der Waals surface area contributed by atoms with Crippen LogP contribution in [0.5, 0.6) is 5.75 Å². The highest BCUT2D eigenvalue weighted by atomic mass is 79.9. The van der Waals surface area contributed by atoms with E-state index in [4.69, 9.17) is 16.3 Å². The summed E-state index contributed by atoms with van der Waals surface area (Å²) in [6.07, 6.45) is 0. The Morgan fingerprint density at radius 1 is 1.33 bits per heavy atom. The van der Waals surface area contributed by atoms with Gasteiger partial charge < -0.3 is 4.74 Å². The molecule has 0 aliphatic rings. The first-order valence-corrected chi connectivity index (χ1v) is 5.46. The number of aryl methyl sites for hydroxylation is 1. The van der Waals surface area contributed by atoms with Crippen LogP contribution in [0, 0.1) is 6.92 Å². The number of nitrogens with zero attached hydrogens (tertiary/aromatic N) is 2. The van der Waals surface area contributed by atoms with Gasteiger partial charge in [0.25, 0.3) is 0 Å². The van der Waals surface area contributed by atoms with Crippen LogP contribution in [0.2, 0.25) is 5.15 Å². The van der Waals surface area contributed by atoms with Crippen LogP contribution >= 0.6 is 27.5 Å². The van der Waals surface area contributed by atoms with Gasteiger partial charge >= 0.3 is 0 Å². The molecule has 0 fully saturated rings. The van der Waals surface area contributed by atoms with Crippen molar-refractivity contribution >= 4 is 38.6 Å². The minimum atomic E-state index is 0.406. The third-order valence-electron chi connectivity index (χ3n) is 2.04. The first kappa shape index (κ1) is 10.6. The molecule has 2 aromatic rings. The van der Waals surface area contributed by atoms with Crippen molar-refractivity contribution in [1.29, 1.82) is 0 Å². The van der Waals surface area contributed by atoms with Gasteiger partial charge in [-0.2, -0.15) is 0 Å². The summed E-state index contributed by atoms with van der Waals surface area (Å²) in [4.78, 5) is 8.58. The second kappa shape index (κ2) is 3.94. The Bertz CT molecular complexity index is 530. The molecule has 0 amide bonds. The quantitative estimate of drug-likeness (QED) is 0.806. The van der Waals surface area contributed by atoms with Crippen LogP contribution in [-0.4, -0.2) is 17.1 Å². The van der Waals surface area contributed by atoms with Crippen LogP contribution in [0.25, 0.3) is 11.0 Å². The van der Waals surface area contributed by atoms with Crippen molar-refractivity contribution in [2.24, 2.45) is 0 Å². The van der Waals surface area contributed by atoms with Crippen molar-refractivity contribution in [2.45, 2.75) is 6.92 Å². The van der Waals surface area contributed by atoms with Crippen LogP contribution in [-0.2, 0) is 0 Å². The van der Waals surface area contributed by atoms with E-state index in [9.17, 15) is 0 Å². The van der Waals surface area contributed by atoms with Gasteiger partial charge in [0.05, 0.1) is 18.3 Å². The molecule has 78 valence electrons. The van der Waals surface area contributed by atoms with Gasteiger partial charge in [0.15, 0.2) is 5.15 Å². The number of benzene rings is 1. The molecule has 1 aromatic carbocycles. The summed E-state index contributed by atoms with van der Waals surface area (Å²) < 4.78 is 6.12. The highest BCUT2D eigenvalue weighted by molar-refractivity contribution is 9.10. The van der Waals surface area contributed by atoms with Crippen molar-refractivity contribution in [3.8, 4) is 5.75 Å². The Kier molecular flexibility index (Phi) is 2.80. The average Bonchev–Trinajstić information content (AvgIpc) is 2.19. The lowest BCUT2D eigenvalue weighted by Gasteiger charge is -2.06. The monoisotopic (exact) mass is 286 g/mol. The standard InChI is InChI=1S/C10H8BrClN2O/c1-5-10(12)14-9-7(13-5)3-6(11)4-8(9)15-2/h3-4H,1-2H3. The zero-order chi connectivity index (χ0) is 11.0. The van der Waals surface area contributed by atoms with Crippen molar-refractivity contribution in [2.75, 3.05) is 7.11 Å². The Hall–Kier alpha value is -0.870. The fourth-order valence-corrected chi connectivity index (χ4v) is 1.87. The number of rotatable bonds is 1. The van der Waals surface area contributed by atoms with Crippen molar-refractivity contribution < 1.29 is 4.74 Å². The molecule has 2 rings (SSSR count). The summed E-state index contributed by atoms with van der Waals surface area (Å²) in [5, 5.41) is 0.406. The molecule has 3 nitrogen and oxygen atoms in total. The third-order valence-corrected chi connectivity index (χ3v) is 2.85. The van der Waals surface area contributed by atoms with E-state index in [-0.39, 0.29) is 0 Å². The summed E-state index contributed by atoms with van der Waals surface area (Å²) in [5.41, 5.74) is 2.16. The lowest BCUT2D eigenvalue weighted by Crippen LogP contribution is -1.93. The molecule has 0 aliphatic carbocycles. The second-order valence-electron chi connectivity index (χ2n) is 3.08. The fourth-order valence-electron chi connectivity index (χ4n) is 1.32. The molecule has 0 atom stereocenters. The number of halogens is 2. The molecular formula is C10H8BrClN2O. The number of methoxy groups -OCH3 is 1. The van der Waals surface area contributed by atoms with E-state index in [1.807, 2.05) is 19.1 Å². The smallest absolute Gasteiger partial charge is 0.151 e. The maximum absolute atomic E-state index is 5.92. The summed E-state index contributed by atoms with van der Waals surface area (Å²) in [5.74, 6) is 0.661. The van der Waals surface area contributed by atoms with Gasteiger partial charge in [0.1, 0.15) is 11.3 Å². The minimum Gasteiger partial charge on any atom is -0.494 e. The molecule has 0 radical (unpaired) electrons. The molecule has 0 aliphatic heterocycles. The normalized spacial score (nSPS) is 10.7. The van der Waals surface area contributed by atoms with Crippen molar-refractivity contribution in [3.05, 3.63) is 27.5 Å². The van der Waals surface area contributed by atoms with E-state index in [0.717, 1.165) is 9.99 Å². The van der Waals surface area contributed by atoms with Gasteiger partial charge in [-0.05, 0) is 19.1 Å². The molecule has 0 spiro atoms. The first-order valence-electron chi connectivity index (χ1n) is 4.29. The van der Waals surface area contributed by atoms with E-state index in [2.05, 4.69) is 25.9 Å². The van der Waals surface area contributed by atoms with Gasteiger partial charge in [-0.15, -0.1) is 0 Å². The average molecular weight is 288 g/mol. The maximum Gasteiger partial charge on any atom is 0.151 e. The predicted octanol–water partition coefficient (Wildman–Crippen LogP) is 3.36. The maximum atomic E-state index is 5.92. The van der Waals surface area contributed by atoms with Crippen molar-refractivity contribution in [3.63, 3.8) is 0 Å². The zero-order valence-electron chi connectivity index (χ0n) is 8.21. The van der Waals surface area contributed by atoms with Crippen LogP contribution in [0.1, 0.15) is 5.69 Å². The van der Waals surface area contributed by atoms with Crippen LogP contribution < -0.4 is 4.74 Å². The molecule has 0 unspecified atom stereocenters. The highest BCUT2D eigenvalue weighted by Crippen LogP contribution is 2.29. The molecule has 1 heterocycles. The van der Waals surface area contributed by atoms with Crippen LogP contribution in [0.3, 0.4) is 0 Å². The summed E-state index contributed by atoms with van der Waals surface area (Å²) in [6.45, 7) is 1.82. The Balaban J connectivity index is 2.84. The summed E-state index contributed by atoms with van der Waals surface area (Å²) >= 11 is 9.30. The second-order valence-corrected chi connectivity index (χ2v) is 4.35. The van der Waals surface area contributed by atoms with Crippen LogP contribution in [0.4, 0.5) is 0 Å². The van der Waals surface area contributed by atoms with E-state index in [0.29, 0.717) is 22.1 Å². The van der Waals surface area contributed by atoms with Crippen molar-refractivity contribution in [1.82, 2.24) is 9.97 Å². The molecule has 0 saturated carbocycles. The zero-order valence-corrected chi connectivity index (χ0v) is 10.6. The number of hydrogen-bond donors (Lipinski definition) is 0. The third kappa shape index (κ3) is 1.92. The molecule has 0 N–H and O–H groups in total. The SMILES string of the molecule is COc1cc(Br)cc2nc(C)c(Cl)nc12.